The monoisotopic (exact) mass is 256 g/mol. The SMILES string of the molecule is CCC1(C(=O)O)CCN(C(=O)C(C)CNC)CC1. The van der Waals surface area contributed by atoms with E-state index >= 15 is 0 Å². The second-order valence-corrected chi connectivity index (χ2v) is 5.22. The zero-order chi connectivity index (χ0) is 13.8. The maximum absolute atomic E-state index is 12.1. The highest BCUT2D eigenvalue weighted by molar-refractivity contribution is 5.80. The lowest BCUT2D eigenvalue weighted by molar-refractivity contribution is -0.155. The number of piperidine rings is 1. The van der Waals surface area contributed by atoms with Gasteiger partial charge in [-0.05, 0) is 26.3 Å². The van der Waals surface area contributed by atoms with Crippen LogP contribution in [0.2, 0.25) is 0 Å². The molecule has 5 heteroatoms. The van der Waals surface area contributed by atoms with Gasteiger partial charge in [0, 0.05) is 25.6 Å². The molecule has 1 saturated heterocycles. The van der Waals surface area contributed by atoms with Crippen molar-refractivity contribution in [3.63, 3.8) is 0 Å². The molecule has 5 nitrogen and oxygen atoms in total. The Kier molecular flexibility index (Phi) is 5.14. The number of carboxylic acids is 1. The fraction of sp³-hybridized carbons (Fsp3) is 0.846. The summed E-state index contributed by atoms with van der Waals surface area (Å²) in [6.45, 7) is 5.60. The molecular weight excluding hydrogens is 232 g/mol. The molecule has 0 bridgehead atoms. The number of amides is 1. The third-order valence-electron chi connectivity index (χ3n) is 4.09. The Labute approximate surface area is 109 Å². The molecule has 18 heavy (non-hydrogen) atoms. The minimum atomic E-state index is -0.722. The van der Waals surface area contributed by atoms with Crippen molar-refractivity contribution in [1.29, 1.82) is 0 Å². The van der Waals surface area contributed by atoms with Gasteiger partial charge in [-0.25, -0.2) is 0 Å². The van der Waals surface area contributed by atoms with Crippen molar-refractivity contribution >= 4 is 11.9 Å². The lowest BCUT2D eigenvalue weighted by Gasteiger charge is -2.39. The number of likely N-dealkylation sites (tertiary alicyclic amines) is 1. The van der Waals surface area contributed by atoms with Crippen LogP contribution in [0.1, 0.15) is 33.1 Å². The molecule has 0 saturated carbocycles. The summed E-state index contributed by atoms with van der Waals surface area (Å²) in [6.07, 6.45) is 1.77. The maximum Gasteiger partial charge on any atom is 0.309 e. The summed E-state index contributed by atoms with van der Waals surface area (Å²) in [4.78, 5) is 25.2. The molecule has 1 aliphatic heterocycles. The van der Waals surface area contributed by atoms with E-state index in [2.05, 4.69) is 5.32 Å². The van der Waals surface area contributed by atoms with E-state index in [9.17, 15) is 14.7 Å². The second-order valence-electron chi connectivity index (χ2n) is 5.22. The number of carbonyl (C=O) groups excluding carboxylic acids is 1. The normalized spacial score (nSPS) is 20.5. The summed E-state index contributed by atoms with van der Waals surface area (Å²) in [5, 5.41) is 12.3. The molecule has 1 rings (SSSR count). The Morgan fingerprint density at radius 3 is 2.33 bits per heavy atom. The highest BCUT2D eigenvalue weighted by Gasteiger charge is 2.41. The first kappa shape index (κ1) is 15.0. The highest BCUT2D eigenvalue weighted by Crippen LogP contribution is 2.35. The van der Waals surface area contributed by atoms with Gasteiger partial charge in [-0.3, -0.25) is 9.59 Å². The number of rotatable bonds is 5. The van der Waals surface area contributed by atoms with Crippen molar-refractivity contribution in [3.8, 4) is 0 Å². The molecule has 1 heterocycles. The standard InChI is InChI=1S/C13H24N2O3/c1-4-13(12(17)18)5-7-15(8-6-13)11(16)10(2)9-14-3/h10,14H,4-9H2,1-3H3,(H,17,18). The lowest BCUT2D eigenvalue weighted by atomic mass is 9.76. The van der Waals surface area contributed by atoms with Crippen LogP contribution in [-0.2, 0) is 9.59 Å². The smallest absolute Gasteiger partial charge is 0.309 e. The first-order valence-corrected chi connectivity index (χ1v) is 6.63. The van der Waals surface area contributed by atoms with Crippen LogP contribution in [0.5, 0.6) is 0 Å². The Morgan fingerprint density at radius 1 is 1.39 bits per heavy atom. The van der Waals surface area contributed by atoms with E-state index in [1.807, 2.05) is 20.9 Å². The molecule has 1 atom stereocenters. The quantitative estimate of drug-likeness (QED) is 0.768. The van der Waals surface area contributed by atoms with E-state index in [0.29, 0.717) is 38.9 Å². The van der Waals surface area contributed by atoms with Gasteiger partial charge in [0.05, 0.1) is 5.41 Å². The van der Waals surface area contributed by atoms with Crippen LogP contribution in [0.3, 0.4) is 0 Å². The maximum atomic E-state index is 12.1. The average Bonchev–Trinajstić information content (AvgIpc) is 2.38. The van der Waals surface area contributed by atoms with Crippen molar-refractivity contribution in [3.05, 3.63) is 0 Å². The van der Waals surface area contributed by atoms with Crippen LogP contribution in [0.4, 0.5) is 0 Å². The van der Waals surface area contributed by atoms with Crippen molar-refractivity contribution < 1.29 is 14.7 Å². The summed E-state index contributed by atoms with van der Waals surface area (Å²) in [5.74, 6) is -0.645. The average molecular weight is 256 g/mol. The predicted molar refractivity (Wildman–Crippen MR) is 69.3 cm³/mol. The number of carboxylic acid groups (broad SMARTS) is 1. The van der Waals surface area contributed by atoms with Gasteiger partial charge in [-0.1, -0.05) is 13.8 Å². The van der Waals surface area contributed by atoms with Crippen molar-refractivity contribution in [2.24, 2.45) is 11.3 Å². The fourth-order valence-electron chi connectivity index (χ4n) is 2.58. The lowest BCUT2D eigenvalue weighted by Crippen LogP contribution is -2.48. The van der Waals surface area contributed by atoms with Crippen LogP contribution in [0.25, 0.3) is 0 Å². The minimum Gasteiger partial charge on any atom is -0.481 e. The third-order valence-corrected chi connectivity index (χ3v) is 4.09. The molecule has 0 aromatic rings. The van der Waals surface area contributed by atoms with E-state index in [0.717, 1.165) is 0 Å². The van der Waals surface area contributed by atoms with Crippen LogP contribution in [-0.4, -0.2) is 48.6 Å². The molecule has 0 aromatic carbocycles. The largest absolute Gasteiger partial charge is 0.481 e. The predicted octanol–water partition coefficient (Wildman–Crippen LogP) is 0.945. The van der Waals surface area contributed by atoms with Crippen molar-refractivity contribution in [2.75, 3.05) is 26.7 Å². The molecule has 1 aliphatic rings. The summed E-state index contributed by atoms with van der Waals surface area (Å²) < 4.78 is 0. The Morgan fingerprint density at radius 2 is 1.94 bits per heavy atom. The van der Waals surface area contributed by atoms with E-state index in [1.165, 1.54) is 0 Å². The zero-order valence-electron chi connectivity index (χ0n) is 11.5. The number of carbonyl (C=O) groups is 2. The Balaban J connectivity index is 2.58. The van der Waals surface area contributed by atoms with Gasteiger partial charge < -0.3 is 15.3 Å². The molecule has 1 fully saturated rings. The molecule has 0 radical (unpaired) electrons. The molecular formula is C13H24N2O3. The van der Waals surface area contributed by atoms with Crippen molar-refractivity contribution in [1.82, 2.24) is 10.2 Å². The Hall–Kier alpha value is -1.10. The summed E-state index contributed by atoms with van der Waals surface area (Å²) in [6, 6.07) is 0. The summed E-state index contributed by atoms with van der Waals surface area (Å²) in [7, 11) is 1.83. The van der Waals surface area contributed by atoms with Gasteiger partial charge >= 0.3 is 5.97 Å². The van der Waals surface area contributed by atoms with Crippen LogP contribution >= 0.6 is 0 Å². The van der Waals surface area contributed by atoms with Gasteiger partial charge in [-0.2, -0.15) is 0 Å². The van der Waals surface area contributed by atoms with Gasteiger partial charge in [0.25, 0.3) is 0 Å². The molecule has 2 N–H and O–H groups in total. The third kappa shape index (κ3) is 3.02. The highest BCUT2D eigenvalue weighted by atomic mass is 16.4. The van der Waals surface area contributed by atoms with Crippen LogP contribution in [0, 0.1) is 11.3 Å². The topological polar surface area (TPSA) is 69.6 Å². The Bertz CT molecular complexity index is 309. The van der Waals surface area contributed by atoms with Crippen molar-refractivity contribution in [2.45, 2.75) is 33.1 Å². The zero-order valence-corrected chi connectivity index (χ0v) is 11.5. The first-order chi connectivity index (χ1) is 8.46. The van der Waals surface area contributed by atoms with E-state index in [1.54, 1.807) is 4.90 Å². The van der Waals surface area contributed by atoms with Gasteiger partial charge in [0.2, 0.25) is 5.91 Å². The second kappa shape index (κ2) is 6.18. The number of hydrogen-bond donors (Lipinski definition) is 2. The minimum absolute atomic E-state index is 0.0473. The number of nitrogens with one attached hydrogen (secondary N) is 1. The van der Waals surface area contributed by atoms with E-state index in [-0.39, 0.29) is 11.8 Å². The van der Waals surface area contributed by atoms with E-state index in [4.69, 9.17) is 0 Å². The molecule has 0 spiro atoms. The summed E-state index contributed by atoms with van der Waals surface area (Å²) in [5.41, 5.74) is -0.622. The molecule has 0 aromatic heterocycles. The first-order valence-electron chi connectivity index (χ1n) is 6.63. The van der Waals surface area contributed by atoms with Crippen LogP contribution < -0.4 is 5.32 Å². The van der Waals surface area contributed by atoms with Gasteiger partial charge in [0.15, 0.2) is 0 Å². The van der Waals surface area contributed by atoms with Crippen LogP contribution in [0.15, 0.2) is 0 Å². The van der Waals surface area contributed by atoms with Gasteiger partial charge in [0.1, 0.15) is 0 Å². The molecule has 1 unspecified atom stereocenters. The fourth-order valence-corrected chi connectivity index (χ4v) is 2.58. The number of hydrogen-bond acceptors (Lipinski definition) is 3. The van der Waals surface area contributed by atoms with Gasteiger partial charge in [-0.15, -0.1) is 0 Å². The van der Waals surface area contributed by atoms with E-state index < -0.39 is 11.4 Å². The molecule has 1 amide bonds. The number of aliphatic carboxylic acids is 1. The molecule has 104 valence electrons. The number of nitrogens with zero attached hydrogens (tertiary/aromatic N) is 1. The summed E-state index contributed by atoms with van der Waals surface area (Å²) >= 11 is 0. The molecule has 0 aliphatic carbocycles.